The Morgan fingerprint density at radius 1 is 1.07 bits per heavy atom. The minimum absolute atomic E-state index is 0.0563. The lowest BCUT2D eigenvalue weighted by Crippen LogP contribution is -2.34. The first-order chi connectivity index (χ1) is 13.8. The van der Waals surface area contributed by atoms with Crippen LogP contribution in [0.5, 0.6) is 0 Å². The van der Waals surface area contributed by atoms with Gasteiger partial charge < -0.3 is 5.32 Å². The third kappa shape index (κ3) is 4.53. The molecule has 1 amide bonds. The van der Waals surface area contributed by atoms with Crippen LogP contribution in [0.2, 0.25) is 0 Å². The first-order valence-corrected chi connectivity index (χ1v) is 10.7. The fraction of sp³-hybridized carbons (Fsp3) is 0.348. The average molecular weight is 410 g/mol. The van der Waals surface area contributed by atoms with Gasteiger partial charge >= 0.3 is 0 Å². The van der Waals surface area contributed by atoms with Crippen molar-refractivity contribution < 1.29 is 4.79 Å². The molecule has 1 heterocycles. The van der Waals surface area contributed by atoms with Crippen LogP contribution < -0.4 is 10.9 Å². The normalized spacial score (nSPS) is 12.3. The summed E-state index contributed by atoms with van der Waals surface area (Å²) < 4.78 is 1.66. The highest BCUT2D eigenvalue weighted by molar-refractivity contribution is 8.00. The zero-order valence-corrected chi connectivity index (χ0v) is 18.3. The number of thioether (sulfide) groups is 1. The number of hydrogen-bond donors (Lipinski definition) is 1. The molecule has 0 saturated carbocycles. The van der Waals surface area contributed by atoms with Gasteiger partial charge in [0.1, 0.15) is 0 Å². The zero-order chi connectivity index (χ0) is 21.1. The molecule has 0 fully saturated rings. The number of nitrogens with zero attached hydrogens (tertiary/aromatic N) is 2. The Hall–Kier alpha value is -2.60. The summed E-state index contributed by atoms with van der Waals surface area (Å²) in [4.78, 5) is 30.7. The summed E-state index contributed by atoms with van der Waals surface area (Å²) in [5, 5.41) is 3.68. The van der Waals surface area contributed by atoms with Gasteiger partial charge in [0.05, 0.1) is 21.8 Å². The van der Waals surface area contributed by atoms with E-state index < -0.39 is 0 Å². The van der Waals surface area contributed by atoms with E-state index in [1.54, 1.807) is 10.6 Å². The maximum absolute atomic E-state index is 13.4. The highest BCUT2D eigenvalue weighted by atomic mass is 32.2. The van der Waals surface area contributed by atoms with Crippen LogP contribution in [0.1, 0.15) is 31.9 Å². The van der Waals surface area contributed by atoms with Gasteiger partial charge in [0.15, 0.2) is 5.16 Å². The third-order valence-electron chi connectivity index (χ3n) is 4.74. The number of carbonyl (C=O) groups is 1. The van der Waals surface area contributed by atoms with Gasteiger partial charge in [0, 0.05) is 6.54 Å². The van der Waals surface area contributed by atoms with Crippen LogP contribution in [0.4, 0.5) is 0 Å². The minimum Gasteiger partial charge on any atom is -0.355 e. The lowest BCUT2D eigenvalue weighted by Gasteiger charge is -2.19. The van der Waals surface area contributed by atoms with Gasteiger partial charge in [-0.3, -0.25) is 14.2 Å². The van der Waals surface area contributed by atoms with Crippen molar-refractivity contribution >= 4 is 28.6 Å². The van der Waals surface area contributed by atoms with Gasteiger partial charge in [-0.25, -0.2) is 4.98 Å². The van der Waals surface area contributed by atoms with Crippen LogP contribution in [0.15, 0.2) is 52.4 Å². The number of para-hydroxylation sites is 2. The van der Waals surface area contributed by atoms with E-state index in [0.29, 0.717) is 28.5 Å². The van der Waals surface area contributed by atoms with Crippen molar-refractivity contribution in [1.29, 1.82) is 0 Å². The minimum atomic E-state index is -0.377. The van der Waals surface area contributed by atoms with Crippen LogP contribution in [-0.4, -0.2) is 27.3 Å². The molecular formula is C23H27N3O2S. The molecule has 1 unspecified atom stereocenters. The van der Waals surface area contributed by atoms with E-state index in [1.165, 1.54) is 11.8 Å². The lowest BCUT2D eigenvalue weighted by molar-refractivity contribution is -0.120. The first-order valence-electron chi connectivity index (χ1n) is 9.82. The summed E-state index contributed by atoms with van der Waals surface area (Å²) >= 11 is 1.31. The Bertz CT molecular complexity index is 1080. The molecule has 0 spiro atoms. The Morgan fingerprint density at radius 3 is 2.38 bits per heavy atom. The second-order valence-electron chi connectivity index (χ2n) is 7.69. The highest BCUT2D eigenvalue weighted by Gasteiger charge is 2.21. The van der Waals surface area contributed by atoms with E-state index in [4.69, 9.17) is 4.98 Å². The number of aryl methyl sites for hydroxylation is 2. The Kier molecular flexibility index (Phi) is 6.42. The van der Waals surface area contributed by atoms with Gasteiger partial charge in [0.2, 0.25) is 5.91 Å². The van der Waals surface area contributed by atoms with Gasteiger partial charge in [0.25, 0.3) is 5.56 Å². The number of hydrogen-bond acceptors (Lipinski definition) is 4. The van der Waals surface area contributed by atoms with Gasteiger partial charge in [-0.15, -0.1) is 0 Å². The predicted octanol–water partition coefficient (Wildman–Crippen LogP) is 4.26. The summed E-state index contributed by atoms with van der Waals surface area (Å²) in [5.74, 6) is 0.321. The van der Waals surface area contributed by atoms with Crippen molar-refractivity contribution in [1.82, 2.24) is 14.9 Å². The molecule has 0 aliphatic heterocycles. The Balaban J connectivity index is 2.13. The van der Waals surface area contributed by atoms with E-state index in [9.17, 15) is 9.59 Å². The van der Waals surface area contributed by atoms with Crippen molar-refractivity contribution in [2.24, 2.45) is 5.92 Å². The fourth-order valence-corrected chi connectivity index (χ4v) is 4.14. The molecule has 0 radical (unpaired) electrons. The summed E-state index contributed by atoms with van der Waals surface area (Å²) in [6.45, 7) is 10.5. The second-order valence-corrected chi connectivity index (χ2v) is 9.00. The molecule has 3 rings (SSSR count). The van der Waals surface area contributed by atoms with Gasteiger partial charge in [-0.1, -0.05) is 55.9 Å². The van der Waals surface area contributed by atoms with Crippen molar-refractivity contribution in [2.45, 2.75) is 45.0 Å². The van der Waals surface area contributed by atoms with E-state index in [2.05, 4.69) is 19.2 Å². The summed E-state index contributed by atoms with van der Waals surface area (Å²) in [7, 11) is 0. The molecule has 0 saturated heterocycles. The number of carbonyl (C=O) groups excluding carboxylic acids is 1. The van der Waals surface area contributed by atoms with Crippen LogP contribution in [0.25, 0.3) is 16.6 Å². The largest absolute Gasteiger partial charge is 0.355 e. The van der Waals surface area contributed by atoms with E-state index in [-0.39, 0.29) is 16.7 Å². The van der Waals surface area contributed by atoms with Crippen LogP contribution in [-0.2, 0) is 4.79 Å². The SMILES string of the molecule is Cc1cccc(C)c1-n1c(SC(C)C(=O)NCC(C)C)nc2ccccc2c1=O. The smallest absolute Gasteiger partial charge is 0.266 e. The molecule has 0 aliphatic rings. The summed E-state index contributed by atoms with van der Waals surface area (Å²) in [5.41, 5.74) is 3.32. The molecule has 0 aliphatic carbocycles. The van der Waals surface area contributed by atoms with Crippen molar-refractivity contribution in [3.8, 4) is 5.69 Å². The standard InChI is InChI=1S/C23H27N3O2S/c1-14(2)13-24-21(27)17(5)29-23-25-19-12-7-6-11-18(19)22(28)26(23)20-15(3)9-8-10-16(20)4/h6-12,14,17H,13H2,1-5H3,(H,24,27). The molecular weight excluding hydrogens is 382 g/mol. The van der Waals surface area contributed by atoms with Crippen molar-refractivity contribution in [3.63, 3.8) is 0 Å². The molecule has 5 nitrogen and oxygen atoms in total. The average Bonchev–Trinajstić information content (AvgIpc) is 2.68. The summed E-state index contributed by atoms with van der Waals surface area (Å²) in [6.07, 6.45) is 0. The molecule has 152 valence electrons. The molecule has 29 heavy (non-hydrogen) atoms. The van der Waals surface area contributed by atoms with Gasteiger partial charge in [-0.2, -0.15) is 0 Å². The van der Waals surface area contributed by atoms with Crippen molar-refractivity contribution in [2.75, 3.05) is 6.54 Å². The molecule has 6 heteroatoms. The number of amides is 1. The van der Waals surface area contributed by atoms with Crippen LogP contribution in [0.3, 0.4) is 0 Å². The van der Waals surface area contributed by atoms with Crippen LogP contribution in [0, 0.1) is 19.8 Å². The number of rotatable bonds is 6. The van der Waals surface area contributed by atoms with Gasteiger partial charge in [-0.05, 0) is 49.9 Å². The second kappa shape index (κ2) is 8.82. The molecule has 1 atom stereocenters. The molecule has 3 aromatic rings. The van der Waals surface area contributed by atoms with E-state index >= 15 is 0 Å². The fourth-order valence-electron chi connectivity index (χ4n) is 3.21. The van der Waals surface area contributed by atoms with Crippen molar-refractivity contribution in [3.05, 3.63) is 63.9 Å². The first kappa shape index (κ1) is 21.1. The third-order valence-corrected chi connectivity index (χ3v) is 5.80. The Morgan fingerprint density at radius 2 is 1.72 bits per heavy atom. The van der Waals surface area contributed by atoms with E-state index in [0.717, 1.165) is 16.8 Å². The van der Waals surface area contributed by atoms with Crippen LogP contribution >= 0.6 is 11.8 Å². The zero-order valence-electron chi connectivity index (χ0n) is 17.5. The van der Waals surface area contributed by atoms with E-state index in [1.807, 2.05) is 57.2 Å². The summed E-state index contributed by atoms with van der Waals surface area (Å²) in [6, 6.07) is 13.3. The molecule has 2 aromatic carbocycles. The number of aromatic nitrogens is 2. The molecule has 0 bridgehead atoms. The predicted molar refractivity (Wildman–Crippen MR) is 120 cm³/mol. The number of benzene rings is 2. The lowest BCUT2D eigenvalue weighted by atomic mass is 10.1. The maximum Gasteiger partial charge on any atom is 0.266 e. The molecule has 1 N–H and O–H groups in total. The topological polar surface area (TPSA) is 64.0 Å². The maximum atomic E-state index is 13.4. The highest BCUT2D eigenvalue weighted by Crippen LogP contribution is 2.28. The number of nitrogens with one attached hydrogen (secondary N) is 1. The quantitative estimate of drug-likeness (QED) is 0.488. The Labute approximate surface area is 175 Å². The molecule has 1 aromatic heterocycles. The number of fused-ring (bicyclic) bond motifs is 1. The monoisotopic (exact) mass is 409 g/mol.